The molecule has 0 atom stereocenters. The van der Waals surface area contributed by atoms with Gasteiger partial charge < -0.3 is 9.97 Å². The Hall–Kier alpha value is -2.50. The van der Waals surface area contributed by atoms with Crippen molar-refractivity contribution < 1.29 is 17.6 Å². The van der Waals surface area contributed by atoms with E-state index in [2.05, 4.69) is 9.97 Å². The predicted molar refractivity (Wildman–Crippen MR) is 73.9 cm³/mol. The van der Waals surface area contributed by atoms with Gasteiger partial charge in [-0.3, -0.25) is 0 Å². The Morgan fingerprint density at radius 2 is 1.45 bits per heavy atom. The molecule has 2 heterocycles. The third-order valence-electron chi connectivity index (χ3n) is 3.50. The number of H-pyrrole nitrogens is 2. The fourth-order valence-electron chi connectivity index (χ4n) is 2.52. The molecule has 0 unspecified atom stereocenters. The first-order valence-corrected chi connectivity index (χ1v) is 6.60. The molecular formula is C16H12F4N2. The Morgan fingerprint density at radius 1 is 0.864 bits per heavy atom. The van der Waals surface area contributed by atoms with Crippen molar-refractivity contribution in [3.05, 3.63) is 83.2 Å². The van der Waals surface area contributed by atoms with Gasteiger partial charge >= 0.3 is 6.18 Å². The van der Waals surface area contributed by atoms with Crippen LogP contribution in [0.25, 0.3) is 0 Å². The molecule has 2 N–H and O–H groups in total. The number of aromatic nitrogens is 2. The minimum atomic E-state index is -4.70. The van der Waals surface area contributed by atoms with Crippen molar-refractivity contribution in [3.63, 3.8) is 0 Å². The van der Waals surface area contributed by atoms with E-state index in [9.17, 15) is 17.6 Å². The molecule has 2 nitrogen and oxygen atoms in total. The summed E-state index contributed by atoms with van der Waals surface area (Å²) in [5.41, 5.74) is 0.714. The van der Waals surface area contributed by atoms with E-state index in [1.54, 1.807) is 36.7 Å². The number of hydrogen-bond donors (Lipinski definition) is 2. The number of aromatic amines is 2. The third-order valence-corrected chi connectivity index (χ3v) is 3.50. The second-order valence-electron chi connectivity index (χ2n) is 4.92. The molecule has 0 aliphatic carbocycles. The lowest BCUT2D eigenvalue weighted by Crippen LogP contribution is -2.10. The summed E-state index contributed by atoms with van der Waals surface area (Å²) in [5.74, 6) is -1.66. The van der Waals surface area contributed by atoms with Crippen LogP contribution in [0.5, 0.6) is 0 Å². The maximum Gasteiger partial charge on any atom is 0.419 e. The van der Waals surface area contributed by atoms with Gasteiger partial charge in [-0.1, -0.05) is 6.07 Å². The fourth-order valence-corrected chi connectivity index (χ4v) is 2.52. The number of halogens is 4. The van der Waals surface area contributed by atoms with E-state index in [1.165, 1.54) is 6.07 Å². The number of rotatable bonds is 3. The molecule has 22 heavy (non-hydrogen) atoms. The lowest BCUT2D eigenvalue weighted by Gasteiger charge is -2.17. The standard InChI is InChI=1S/C16H12F4N2/c17-12-9-10(5-6-11(12)16(18,19)20)15(13-3-1-7-21-13)14-4-2-8-22-14/h1-9,15,21-22H. The van der Waals surface area contributed by atoms with Gasteiger partial charge in [-0.25, -0.2) is 4.39 Å². The van der Waals surface area contributed by atoms with Crippen molar-refractivity contribution in [1.29, 1.82) is 0 Å². The molecule has 0 amide bonds. The van der Waals surface area contributed by atoms with Crippen molar-refractivity contribution in [2.75, 3.05) is 0 Å². The molecule has 6 heteroatoms. The van der Waals surface area contributed by atoms with Crippen molar-refractivity contribution in [1.82, 2.24) is 9.97 Å². The van der Waals surface area contributed by atoms with Crippen LogP contribution in [0.15, 0.2) is 54.9 Å². The lowest BCUT2D eigenvalue weighted by molar-refractivity contribution is -0.140. The maximum atomic E-state index is 13.8. The Bertz CT molecular complexity index is 709. The van der Waals surface area contributed by atoms with Crippen LogP contribution >= 0.6 is 0 Å². The van der Waals surface area contributed by atoms with E-state index in [0.717, 1.165) is 23.5 Å². The summed E-state index contributed by atoms with van der Waals surface area (Å²) in [7, 11) is 0. The molecular weight excluding hydrogens is 296 g/mol. The Balaban J connectivity index is 2.08. The van der Waals surface area contributed by atoms with Crippen LogP contribution in [0.2, 0.25) is 0 Å². The zero-order chi connectivity index (χ0) is 15.7. The number of nitrogens with one attached hydrogen (secondary N) is 2. The molecule has 0 aliphatic rings. The predicted octanol–water partition coefficient (Wildman–Crippen LogP) is 4.68. The molecule has 3 rings (SSSR count). The zero-order valence-corrected chi connectivity index (χ0v) is 11.3. The third kappa shape index (κ3) is 2.64. The summed E-state index contributed by atoms with van der Waals surface area (Å²) in [4.78, 5) is 6.05. The summed E-state index contributed by atoms with van der Waals surface area (Å²) < 4.78 is 51.9. The molecule has 0 saturated carbocycles. The number of hydrogen-bond acceptors (Lipinski definition) is 0. The molecule has 0 spiro atoms. The first-order chi connectivity index (χ1) is 10.5. The van der Waals surface area contributed by atoms with Crippen molar-refractivity contribution in [2.24, 2.45) is 0 Å². The van der Waals surface area contributed by atoms with E-state index >= 15 is 0 Å². The Labute approximate surface area is 123 Å². The molecule has 1 aromatic carbocycles. The lowest BCUT2D eigenvalue weighted by atomic mass is 9.91. The largest absolute Gasteiger partial charge is 0.419 e. The summed E-state index contributed by atoms with van der Waals surface area (Å²) in [6.07, 6.45) is -1.27. The van der Waals surface area contributed by atoms with Gasteiger partial charge in [-0.15, -0.1) is 0 Å². The SMILES string of the molecule is Fc1cc(C(c2ccc[nH]2)c2ccc[nH]2)ccc1C(F)(F)F. The highest BCUT2D eigenvalue weighted by atomic mass is 19.4. The van der Waals surface area contributed by atoms with Gasteiger partial charge in [0.1, 0.15) is 5.82 Å². The number of alkyl halides is 3. The van der Waals surface area contributed by atoms with Crippen molar-refractivity contribution in [2.45, 2.75) is 12.1 Å². The molecule has 0 radical (unpaired) electrons. The van der Waals surface area contributed by atoms with Crippen LogP contribution in [0.4, 0.5) is 17.6 Å². The van der Waals surface area contributed by atoms with E-state index in [1.807, 2.05) is 0 Å². The Kier molecular flexibility index (Phi) is 3.52. The first-order valence-electron chi connectivity index (χ1n) is 6.60. The topological polar surface area (TPSA) is 31.6 Å². The second-order valence-corrected chi connectivity index (χ2v) is 4.92. The summed E-state index contributed by atoms with van der Waals surface area (Å²) in [6.45, 7) is 0. The van der Waals surface area contributed by atoms with Crippen molar-refractivity contribution in [3.8, 4) is 0 Å². The van der Waals surface area contributed by atoms with Crippen LogP contribution in [0.3, 0.4) is 0 Å². The van der Waals surface area contributed by atoms with Gasteiger partial charge in [0.25, 0.3) is 0 Å². The van der Waals surface area contributed by atoms with Crippen LogP contribution < -0.4 is 0 Å². The van der Waals surface area contributed by atoms with Crippen LogP contribution in [-0.2, 0) is 6.18 Å². The second kappa shape index (κ2) is 5.36. The number of benzene rings is 1. The van der Waals surface area contributed by atoms with Crippen LogP contribution in [0, 0.1) is 5.82 Å². The summed E-state index contributed by atoms with van der Waals surface area (Å²) >= 11 is 0. The van der Waals surface area contributed by atoms with E-state index in [0.29, 0.717) is 5.56 Å². The van der Waals surface area contributed by atoms with Gasteiger partial charge in [-0.2, -0.15) is 13.2 Å². The molecule has 0 bridgehead atoms. The van der Waals surface area contributed by atoms with E-state index < -0.39 is 17.6 Å². The average molecular weight is 308 g/mol. The van der Waals surface area contributed by atoms with Gasteiger partial charge in [0, 0.05) is 23.8 Å². The zero-order valence-electron chi connectivity index (χ0n) is 11.3. The quantitative estimate of drug-likeness (QED) is 0.658. The van der Waals surface area contributed by atoms with Gasteiger partial charge in [-0.05, 0) is 42.0 Å². The monoisotopic (exact) mass is 308 g/mol. The fraction of sp³-hybridized carbons (Fsp3) is 0.125. The molecule has 0 fully saturated rings. The molecule has 0 aliphatic heterocycles. The minimum absolute atomic E-state index is 0.387. The van der Waals surface area contributed by atoms with Crippen LogP contribution in [0.1, 0.15) is 28.4 Å². The molecule has 114 valence electrons. The van der Waals surface area contributed by atoms with E-state index in [-0.39, 0.29) is 5.92 Å². The molecule has 0 saturated heterocycles. The van der Waals surface area contributed by atoms with E-state index in [4.69, 9.17) is 0 Å². The van der Waals surface area contributed by atoms with Gasteiger partial charge in [0.15, 0.2) is 0 Å². The highest BCUT2D eigenvalue weighted by Gasteiger charge is 2.34. The van der Waals surface area contributed by atoms with Crippen LogP contribution in [-0.4, -0.2) is 9.97 Å². The van der Waals surface area contributed by atoms with Crippen molar-refractivity contribution >= 4 is 0 Å². The Morgan fingerprint density at radius 3 is 1.86 bits per heavy atom. The van der Waals surface area contributed by atoms with Gasteiger partial charge in [0.05, 0.1) is 11.5 Å². The smallest absolute Gasteiger partial charge is 0.364 e. The molecule has 2 aromatic heterocycles. The van der Waals surface area contributed by atoms with Gasteiger partial charge in [0.2, 0.25) is 0 Å². The summed E-state index contributed by atoms with van der Waals surface area (Å²) in [5, 5.41) is 0. The highest BCUT2D eigenvalue weighted by Crippen LogP contribution is 2.35. The molecule has 3 aromatic rings. The highest BCUT2D eigenvalue weighted by molar-refractivity contribution is 5.40. The average Bonchev–Trinajstić information content (AvgIpc) is 3.11. The minimum Gasteiger partial charge on any atom is -0.364 e. The normalized spacial score (nSPS) is 12.0. The maximum absolute atomic E-state index is 13.8. The first kappa shape index (κ1) is 14.4. The summed E-state index contributed by atoms with van der Waals surface area (Å²) in [6, 6.07) is 10.2.